The number of aryl methyl sites for hydroxylation is 1. The summed E-state index contributed by atoms with van der Waals surface area (Å²) in [6, 6.07) is 17.7. The van der Waals surface area contributed by atoms with Gasteiger partial charge in [-0.2, -0.15) is 0 Å². The van der Waals surface area contributed by atoms with Gasteiger partial charge in [0.15, 0.2) is 0 Å². The minimum absolute atomic E-state index is 0.109. The number of anilines is 1. The third kappa shape index (κ3) is 2.48. The zero-order valence-corrected chi connectivity index (χ0v) is 9.03. The molecule has 0 aromatic heterocycles. The molecule has 0 saturated heterocycles. The normalized spacial score (nSPS) is 9.81. The molecule has 0 bridgehead atoms. The molecule has 0 unspecified atom stereocenters. The summed E-state index contributed by atoms with van der Waals surface area (Å²) in [4.78, 5) is 11.8. The minimum atomic E-state index is -0.109. The van der Waals surface area contributed by atoms with E-state index in [-0.39, 0.29) is 5.91 Å². The predicted molar refractivity (Wildman–Crippen MR) is 64.4 cm³/mol. The molecular formula is C14H12NO. The number of hydrogen-bond donors (Lipinski definition) is 1. The monoisotopic (exact) mass is 210 g/mol. The number of para-hydroxylation sites is 1. The Kier molecular flexibility index (Phi) is 3.01. The SMILES string of the molecule is Cc1ccc(C(=O)Nc2[c]cccc2)cc1. The molecule has 1 radical (unpaired) electrons. The molecule has 0 atom stereocenters. The Morgan fingerprint density at radius 3 is 2.50 bits per heavy atom. The first-order valence-corrected chi connectivity index (χ1v) is 5.10. The molecule has 2 heteroatoms. The van der Waals surface area contributed by atoms with E-state index in [0.29, 0.717) is 11.3 Å². The number of amides is 1. The molecule has 1 N–H and O–H groups in total. The van der Waals surface area contributed by atoms with E-state index in [2.05, 4.69) is 11.4 Å². The Morgan fingerprint density at radius 1 is 1.12 bits per heavy atom. The zero-order chi connectivity index (χ0) is 11.4. The number of carbonyl (C=O) groups is 1. The van der Waals surface area contributed by atoms with Crippen LogP contribution in [-0.4, -0.2) is 5.91 Å². The van der Waals surface area contributed by atoms with Crippen LogP contribution < -0.4 is 5.32 Å². The lowest BCUT2D eigenvalue weighted by atomic mass is 10.1. The third-order valence-electron chi connectivity index (χ3n) is 2.27. The van der Waals surface area contributed by atoms with Crippen LogP contribution in [-0.2, 0) is 0 Å². The second kappa shape index (κ2) is 4.62. The van der Waals surface area contributed by atoms with Crippen LogP contribution in [0.2, 0.25) is 0 Å². The van der Waals surface area contributed by atoms with Crippen LogP contribution in [0, 0.1) is 13.0 Å². The fourth-order valence-electron chi connectivity index (χ4n) is 1.37. The standard InChI is InChI=1S/C14H12NO/c1-11-7-9-12(10-8-11)14(16)15-13-5-3-2-4-6-13/h2-5,7-10H,1H3,(H,15,16). The third-order valence-corrected chi connectivity index (χ3v) is 2.27. The number of nitrogens with one attached hydrogen (secondary N) is 1. The highest BCUT2D eigenvalue weighted by atomic mass is 16.1. The first-order valence-electron chi connectivity index (χ1n) is 5.10. The molecule has 1 amide bonds. The second-order valence-corrected chi connectivity index (χ2v) is 3.60. The van der Waals surface area contributed by atoms with Crippen molar-refractivity contribution < 1.29 is 4.79 Å². The van der Waals surface area contributed by atoms with E-state index in [1.165, 1.54) is 0 Å². The van der Waals surface area contributed by atoms with Gasteiger partial charge in [-0.25, -0.2) is 0 Å². The minimum Gasteiger partial charge on any atom is -0.321 e. The highest BCUT2D eigenvalue weighted by molar-refractivity contribution is 6.04. The Labute approximate surface area is 94.9 Å². The van der Waals surface area contributed by atoms with Gasteiger partial charge < -0.3 is 5.32 Å². The van der Waals surface area contributed by atoms with Crippen molar-refractivity contribution in [1.29, 1.82) is 0 Å². The van der Waals surface area contributed by atoms with Crippen molar-refractivity contribution in [3.8, 4) is 0 Å². The molecule has 2 aromatic rings. The summed E-state index contributed by atoms with van der Waals surface area (Å²) in [6.45, 7) is 1.99. The number of benzene rings is 2. The van der Waals surface area contributed by atoms with Gasteiger partial charge in [0.1, 0.15) is 0 Å². The average molecular weight is 210 g/mol. The van der Waals surface area contributed by atoms with Gasteiger partial charge in [-0.05, 0) is 25.1 Å². The van der Waals surface area contributed by atoms with Crippen molar-refractivity contribution >= 4 is 11.6 Å². The fraction of sp³-hybridized carbons (Fsp3) is 0.0714. The maximum Gasteiger partial charge on any atom is 0.255 e. The molecule has 2 aromatic carbocycles. The van der Waals surface area contributed by atoms with Gasteiger partial charge in [0.05, 0.1) is 0 Å². The van der Waals surface area contributed by atoms with Crippen LogP contribution in [0.25, 0.3) is 0 Å². The molecule has 0 aliphatic heterocycles. The van der Waals surface area contributed by atoms with Crippen LogP contribution in [0.1, 0.15) is 15.9 Å². The largest absolute Gasteiger partial charge is 0.321 e. The van der Waals surface area contributed by atoms with Gasteiger partial charge in [0.25, 0.3) is 5.91 Å². The fourth-order valence-corrected chi connectivity index (χ4v) is 1.37. The Morgan fingerprint density at radius 2 is 1.88 bits per heavy atom. The Balaban J connectivity index is 2.12. The summed E-state index contributed by atoms with van der Waals surface area (Å²) < 4.78 is 0. The van der Waals surface area contributed by atoms with Gasteiger partial charge in [0.2, 0.25) is 0 Å². The van der Waals surface area contributed by atoms with Crippen molar-refractivity contribution in [3.05, 3.63) is 65.7 Å². The molecule has 16 heavy (non-hydrogen) atoms. The summed E-state index contributed by atoms with van der Waals surface area (Å²) in [5, 5.41) is 2.78. The van der Waals surface area contributed by atoms with Gasteiger partial charge in [-0.15, -0.1) is 0 Å². The van der Waals surface area contributed by atoms with Crippen LogP contribution in [0.4, 0.5) is 5.69 Å². The van der Waals surface area contributed by atoms with E-state index in [1.807, 2.05) is 49.4 Å². The summed E-state index contributed by atoms with van der Waals surface area (Å²) >= 11 is 0. The average Bonchev–Trinajstić information content (AvgIpc) is 2.31. The summed E-state index contributed by atoms with van der Waals surface area (Å²) in [5.74, 6) is -0.109. The topological polar surface area (TPSA) is 29.1 Å². The van der Waals surface area contributed by atoms with Crippen LogP contribution in [0.15, 0.2) is 48.5 Å². The lowest BCUT2D eigenvalue weighted by Crippen LogP contribution is -2.11. The van der Waals surface area contributed by atoms with Gasteiger partial charge in [-0.1, -0.05) is 35.9 Å². The smallest absolute Gasteiger partial charge is 0.255 e. The van der Waals surface area contributed by atoms with Crippen molar-refractivity contribution in [1.82, 2.24) is 0 Å². The number of rotatable bonds is 2. The Hall–Kier alpha value is -2.09. The maximum atomic E-state index is 11.8. The molecule has 0 heterocycles. The molecule has 0 aliphatic rings. The molecule has 0 aliphatic carbocycles. The highest BCUT2D eigenvalue weighted by Gasteiger charge is 2.04. The van der Waals surface area contributed by atoms with Gasteiger partial charge in [0, 0.05) is 17.3 Å². The molecule has 2 rings (SSSR count). The summed E-state index contributed by atoms with van der Waals surface area (Å²) in [7, 11) is 0. The van der Waals surface area contributed by atoms with Gasteiger partial charge in [-0.3, -0.25) is 4.79 Å². The van der Waals surface area contributed by atoms with Crippen molar-refractivity contribution in [3.63, 3.8) is 0 Å². The maximum absolute atomic E-state index is 11.8. The van der Waals surface area contributed by atoms with Crippen LogP contribution in [0.3, 0.4) is 0 Å². The second-order valence-electron chi connectivity index (χ2n) is 3.60. The number of hydrogen-bond acceptors (Lipinski definition) is 1. The van der Waals surface area contributed by atoms with Crippen molar-refractivity contribution in [2.45, 2.75) is 6.92 Å². The van der Waals surface area contributed by atoms with Crippen molar-refractivity contribution in [2.24, 2.45) is 0 Å². The lowest BCUT2D eigenvalue weighted by Gasteiger charge is -2.04. The first-order chi connectivity index (χ1) is 7.75. The molecule has 2 nitrogen and oxygen atoms in total. The predicted octanol–water partition coefficient (Wildman–Crippen LogP) is 3.05. The van der Waals surface area contributed by atoms with E-state index < -0.39 is 0 Å². The van der Waals surface area contributed by atoms with Gasteiger partial charge >= 0.3 is 0 Å². The molecule has 79 valence electrons. The quantitative estimate of drug-likeness (QED) is 0.811. The van der Waals surface area contributed by atoms with Crippen LogP contribution in [0.5, 0.6) is 0 Å². The van der Waals surface area contributed by atoms with E-state index in [1.54, 1.807) is 6.07 Å². The van der Waals surface area contributed by atoms with E-state index in [0.717, 1.165) is 5.56 Å². The number of carbonyl (C=O) groups excluding carboxylic acids is 1. The summed E-state index contributed by atoms with van der Waals surface area (Å²) in [5.41, 5.74) is 2.48. The lowest BCUT2D eigenvalue weighted by molar-refractivity contribution is 0.102. The van der Waals surface area contributed by atoms with E-state index in [4.69, 9.17) is 0 Å². The highest BCUT2D eigenvalue weighted by Crippen LogP contribution is 2.08. The Bertz CT molecular complexity index is 474. The molecule has 0 fully saturated rings. The zero-order valence-electron chi connectivity index (χ0n) is 9.03. The summed E-state index contributed by atoms with van der Waals surface area (Å²) in [6.07, 6.45) is 0. The van der Waals surface area contributed by atoms with Crippen molar-refractivity contribution in [2.75, 3.05) is 5.32 Å². The van der Waals surface area contributed by atoms with E-state index >= 15 is 0 Å². The molecule has 0 saturated carbocycles. The first kappa shape index (κ1) is 10.4. The molecular weight excluding hydrogens is 198 g/mol. The molecule has 0 spiro atoms. The van der Waals surface area contributed by atoms with E-state index in [9.17, 15) is 4.79 Å². The van der Waals surface area contributed by atoms with Crippen LogP contribution >= 0.6 is 0 Å².